The molecule has 0 spiro atoms. The van der Waals surface area contributed by atoms with Crippen molar-refractivity contribution in [2.24, 2.45) is 0 Å². The Morgan fingerprint density at radius 2 is 2.25 bits per heavy atom. The summed E-state index contributed by atoms with van der Waals surface area (Å²) in [5.41, 5.74) is 0. The van der Waals surface area contributed by atoms with Crippen LogP contribution in [0, 0.1) is 0 Å². The fourth-order valence-corrected chi connectivity index (χ4v) is 1.37. The van der Waals surface area contributed by atoms with E-state index < -0.39 is 0 Å². The second-order valence-electron chi connectivity index (χ2n) is 3.35. The lowest BCUT2D eigenvalue weighted by molar-refractivity contribution is 0.477. The van der Waals surface area contributed by atoms with Crippen molar-refractivity contribution in [3.05, 3.63) is 18.7 Å². The smallest absolute Gasteiger partial charge is 0.0948 e. The summed E-state index contributed by atoms with van der Waals surface area (Å²) in [6.07, 6.45) is 11.0. The maximum absolute atomic E-state index is 4.03. The van der Waals surface area contributed by atoms with Crippen LogP contribution in [0.15, 0.2) is 18.7 Å². The van der Waals surface area contributed by atoms with Gasteiger partial charge in [0.15, 0.2) is 0 Å². The van der Waals surface area contributed by atoms with Crippen LogP contribution in [0.4, 0.5) is 0 Å². The molecule has 0 unspecified atom stereocenters. The molecule has 0 aliphatic rings. The minimum atomic E-state index is 0.610. The van der Waals surface area contributed by atoms with E-state index >= 15 is 0 Å². The Morgan fingerprint density at radius 1 is 1.42 bits per heavy atom. The second-order valence-corrected chi connectivity index (χ2v) is 3.35. The summed E-state index contributed by atoms with van der Waals surface area (Å²) in [5, 5.41) is 0. The average molecular weight is 166 g/mol. The van der Waals surface area contributed by atoms with E-state index in [0.29, 0.717) is 6.04 Å². The molecule has 2 nitrogen and oxygen atoms in total. The normalized spacial score (nSPS) is 13.2. The molecule has 0 radical (unpaired) electrons. The van der Waals surface area contributed by atoms with Crippen molar-refractivity contribution in [2.45, 2.75) is 45.6 Å². The van der Waals surface area contributed by atoms with Gasteiger partial charge in [-0.2, -0.15) is 0 Å². The highest BCUT2D eigenvalue weighted by Gasteiger charge is 2.01. The Bertz CT molecular complexity index is 192. The monoisotopic (exact) mass is 166 g/mol. The first-order valence-electron chi connectivity index (χ1n) is 4.82. The van der Waals surface area contributed by atoms with Gasteiger partial charge < -0.3 is 4.57 Å². The Morgan fingerprint density at radius 3 is 2.83 bits per heavy atom. The van der Waals surface area contributed by atoms with E-state index in [1.54, 1.807) is 0 Å². The first kappa shape index (κ1) is 9.30. The molecule has 0 saturated heterocycles. The SMILES string of the molecule is CCCCC[C@@H](C)n1ccnc1. The van der Waals surface area contributed by atoms with Crippen LogP contribution in [0.5, 0.6) is 0 Å². The number of nitrogens with zero attached hydrogens (tertiary/aromatic N) is 2. The van der Waals surface area contributed by atoms with E-state index in [0.717, 1.165) is 0 Å². The van der Waals surface area contributed by atoms with Crippen LogP contribution >= 0.6 is 0 Å². The van der Waals surface area contributed by atoms with E-state index in [1.807, 2.05) is 18.7 Å². The Hall–Kier alpha value is -0.790. The molecule has 1 atom stereocenters. The van der Waals surface area contributed by atoms with E-state index in [9.17, 15) is 0 Å². The topological polar surface area (TPSA) is 17.8 Å². The van der Waals surface area contributed by atoms with E-state index in [-0.39, 0.29) is 0 Å². The lowest BCUT2D eigenvalue weighted by Crippen LogP contribution is -2.01. The highest BCUT2D eigenvalue weighted by atomic mass is 15.0. The van der Waals surface area contributed by atoms with Crippen LogP contribution in [0.3, 0.4) is 0 Å². The third-order valence-corrected chi connectivity index (χ3v) is 2.26. The van der Waals surface area contributed by atoms with Crippen molar-refractivity contribution in [3.8, 4) is 0 Å². The number of unbranched alkanes of at least 4 members (excludes halogenated alkanes) is 2. The summed E-state index contributed by atoms with van der Waals surface area (Å²) in [5.74, 6) is 0. The molecule has 1 aromatic rings. The van der Waals surface area contributed by atoms with Crippen molar-refractivity contribution in [2.75, 3.05) is 0 Å². The summed E-state index contributed by atoms with van der Waals surface area (Å²) in [7, 11) is 0. The highest BCUT2D eigenvalue weighted by Crippen LogP contribution is 2.13. The number of hydrogen-bond donors (Lipinski definition) is 0. The maximum Gasteiger partial charge on any atom is 0.0948 e. The summed E-state index contributed by atoms with van der Waals surface area (Å²) >= 11 is 0. The van der Waals surface area contributed by atoms with E-state index in [1.165, 1.54) is 25.7 Å². The van der Waals surface area contributed by atoms with Gasteiger partial charge in [0.05, 0.1) is 6.33 Å². The fraction of sp³-hybridized carbons (Fsp3) is 0.700. The lowest BCUT2D eigenvalue weighted by Gasteiger charge is -2.11. The summed E-state index contributed by atoms with van der Waals surface area (Å²) < 4.78 is 2.18. The lowest BCUT2D eigenvalue weighted by atomic mass is 10.1. The molecule has 0 saturated carbocycles. The van der Waals surface area contributed by atoms with Gasteiger partial charge in [0.1, 0.15) is 0 Å². The Kier molecular flexibility index (Phi) is 3.85. The fourth-order valence-electron chi connectivity index (χ4n) is 1.37. The van der Waals surface area contributed by atoms with E-state index in [4.69, 9.17) is 0 Å². The first-order chi connectivity index (χ1) is 5.84. The van der Waals surface area contributed by atoms with E-state index in [2.05, 4.69) is 23.4 Å². The van der Waals surface area contributed by atoms with Crippen molar-refractivity contribution in [1.82, 2.24) is 9.55 Å². The molecule has 0 aromatic carbocycles. The molecule has 2 heteroatoms. The standard InChI is InChI=1S/C10H18N2/c1-3-4-5-6-10(2)12-8-7-11-9-12/h7-10H,3-6H2,1-2H3/t10-/m1/s1. The maximum atomic E-state index is 4.03. The molecule has 68 valence electrons. The molecule has 0 bridgehead atoms. The van der Waals surface area contributed by atoms with Gasteiger partial charge in [0.25, 0.3) is 0 Å². The zero-order valence-electron chi connectivity index (χ0n) is 8.03. The van der Waals surface area contributed by atoms with Crippen LogP contribution < -0.4 is 0 Å². The highest BCUT2D eigenvalue weighted by molar-refractivity contribution is 4.78. The van der Waals surface area contributed by atoms with Gasteiger partial charge in [-0.25, -0.2) is 4.98 Å². The average Bonchev–Trinajstić information content (AvgIpc) is 2.56. The molecular weight excluding hydrogens is 148 g/mol. The van der Waals surface area contributed by atoms with Crippen LogP contribution in [0.2, 0.25) is 0 Å². The number of aromatic nitrogens is 2. The van der Waals surface area contributed by atoms with Gasteiger partial charge in [0, 0.05) is 18.4 Å². The molecule has 0 fully saturated rings. The van der Waals surface area contributed by atoms with Crippen LogP contribution in [-0.2, 0) is 0 Å². The minimum Gasteiger partial charge on any atom is -0.335 e. The van der Waals surface area contributed by atoms with Gasteiger partial charge in [-0.05, 0) is 13.3 Å². The van der Waals surface area contributed by atoms with Crippen LogP contribution in [0.1, 0.15) is 45.6 Å². The predicted molar refractivity (Wildman–Crippen MR) is 51.1 cm³/mol. The zero-order chi connectivity index (χ0) is 8.81. The zero-order valence-corrected chi connectivity index (χ0v) is 8.03. The van der Waals surface area contributed by atoms with Gasteiger partial charge >= 0.3 is 0 Å². The minimum absolute atomic E-state index is 0.610. The van der Waals surface area contributed by atoms with Gasteiger partial charge in [0.2, 0.25) is 0 Å². The molecule has 1 heterocycles. The Balaban J connectivity index is 2.25. The quantitative estimate of drug-likeness (QED) is 0.615. The van der Waals surface area contributed by atoms with Crippen molar-refractivity contribution >= 4 is 0 Å². The largest absolute Gasteiger partial charge is 0.335 e. The molecule has 0 aliphatic carbocycles. The first-order valence-corrected chi connectivity index (χ1v) is 4.82. The molecular formula is C10H18N2. The second kappa shape index (κ2) is 4.96. The van der Waals surface area contributed by atoms with Gasteiger partial charge in [-0.1, -0.05) is 26.2 Å². The molecule has 1 aromatic heterocycles. The number of imidazole rings is 1. The van der Waals surface area contributed by atoms with Crippen LogP contribution in [0.25, 0.3) is 0 Å². The molecule has 12 heavy (non-hydrogen) atoms. The summed E-state index contributed by atoms with van der Waals surface area (Å²) in [4.78, 5) is 4.03. The summed E-state index contributed by atoms with van der Waals surface area (Å²) in [6.45, 7) is 4.49. The van der Waals surface area contributed by atoms with Crippen molar-refractivity contribution in [3.63, 3.8) is 0 Å². The molecule has 0 aliphatic heterocycles. The molecule has 0 amide bonds. The van der Waals surface area contributed by atoms with Crippen molar-refractivity contribution in [1.29, 1.82) is 0 Å². The number of hydrogen-bond acceptors (Lipinski definition) is 1. The Labute approximate surface area is 74.6 Å². The van der Waals surface area contributed by atoms with Gasteiger partial charge in [-0.15, -0.1) is 0 Å². The summed E-state index contributed by atoms with van der Waals surface area (Å²) in [6, 6.07) is 0.610. The predicted octanol–water partition coefficient (Wildman–Crippen LogP) is 3.02. The molecule has 0 N–H and O–H groups in total. The third-order valence-electron chi connectivity index (χ3n) is 2.26. The van der Waals surface area contributed by atoms with Gasteiger partial charge in [-0.3, -0.25) is 0 Å². The third kappa shape index (κ3) is 2.68. The molecule has 1 rings (SSSR count). The van der Waals surface area contributed by atoms with Crippen LogP contribution in [-0.4, -0.2) is 9.55 Å². The number of rotatable bonds is 5. The van der Waals surface area contributed by atoms with Crippen molar-refractivity contribution < 1.29 is 0 Å².